The van der Waals surface area contributed by atoms with Crippen LogP contribution in [-0.4, -0.2) is 0 Å². The molecule has 1 radical (unpaired) electrons. The molecule has 0 atom stereocenters. The summed E-state index contributed by atoms with van der Waals surface area (Å²) in [6.45, 7) is 2.14. The molecule has 0 spiro atoms. The second-order valence-corrected chi connectivity index (χ2v) is 3.84. The second-order valence-electron chi connectivity index (χ2n) is 3.16. The van der Waals surface area contributed by atoms with Crippen molar-refractivity contribution in [1.29, 1.82) is 0 Å². The Morgan fingerprint density at radius 2 is 2.00 bits per heavy atom. The molecular formula is C12H11S. The minimum absolute atomic E-state index is 1.01. The van der Waals surface area contributed by atoms with Crippen molar-refractivity contribution in [2.75, 3.05) is 0 Å². The molecule has 1 aromatic heterocycles. The molecule has 13 heavy (non-hydrogen) atoms. The fraction of sp³-hybridized carbons (Fsp3) is 0.167. The fourth-order valence-corrected chi connectivity index (χ4v) is 2.07. The van der Waals surface area contributed by atoms with Gasteiger partial charge >= 0.3 is 0 Å². The molecule has 0 amide bonds. The van der Waals surface area contributed by atoms with Gasteiger partial charge in [0.15, 0.2) is 0 Å². The van der Waals surface area contributed by atoms with E-state index in [0.717, 1.165) is 6.42 Å². The average molecular weight is 187 g/mol. The Kier molecular flexibility index (Phi) is 2.46. The van der Waals surface area contributed by atoms with Gasteiger partial charge in [0.05, 0.1) is 0 Å². The molecule has 0 fully saturated rings. The van der Waals surface area contributed by atoms with Gasteiger partial charge in [-0.25, -0.2) is 0 Å². The first kappa shape index (κ1) is 8.52. The van der Waals surface area contributed by atoms with Crippen LogP contribution in [0.5, 0.6) is 0 Å². The van der Waals surface area contributed by atoms with Crippen LogP contribution in [0.1, 0.15) is 16.7 Å². The van der Waals surface area contributed by atoms with Crippen LogP contribution in [0.15, 0.2) is 35.7 Å². The van der Waals surface area contributed by atoms with Gasteiger partial charge in [-0.1, -0.05) is 30.3 Å². The molecule has 2 rings (SSSR count). The molecule has 0 saturated carbocycles. The van der Waals surface area contributed by atoms with E-state index in [0.29, 0.717) is 0 Å². The van der Waals surface area contributed by atoms with Crippen LogP contribution in [0.2, 0.25) is 0 Å². The number of hydrogen-bond acceptors (Lipinski definition) is 1. The summed E-state index contributed by atoms with van der Waals surface area (Å²) < 4.78 is 0. The summed E-state index contributed by atoms with van der Waals surface area (Å²) in [5.74, 6) is 0. The SMILES string of the molecule is Cc1cs[c]c1Cc1ccccc1. The lowest BCUT2D eigenvalue weighted by atomic mass is 10.1. The molecule has 1 heterocycles. The van der Waals surface area contributed by atoms with Crippen LogP contribution in [0.3, 0.4) is 0 Å². The van der Waals surface area contributed by atoms with Crippen molar-refractivity contribution >= 4 is 11.3 Å². The molecule has 0 saturated heterocycles. The largest absolute Gasteiger partial charge is 0.142 e. The number of hydrogen-bond donors (Lipinski definition) is 0. The number of thiophene rings is 1. The van der Waals surface area contributed by atoms with E-state index >= 15 is 0 Å². The summed E-state index contributed by atoms with van der Waals surface area (Å²) in [6.07, 6.45) is 1.01. The lowest BCUT2D eigenvalue weighted by Crippen LogP contribution is -1.86. The first-order valence-electron chi connectivity index (χ1n) is 4.35. The van der Waals surface area contributed by atoms with E-state index in [9.17, 15) is 0 Å². The minimum atomic E-state index is 1.01. The van der Waals surface area contributed by atoms with Gasteiger partial charge in [-0.2, -0.15) is 0 Å². The molecule has 0 bridgehead atoms. The van der Waals surface area contributed by atoms with Crippen LogP contribution < -0.4 is 0 Å². The van der Waals surface area contributed by atoms with E-state index < -0.39 is 0 Å². The molecule has 0 nitrogen and oxygen atoms in total. The van der Waals surface area contributed by atoms with Gasteiger partial charge in [-0.15, -0.1) is 11.3 Å². The second kappa shape index (κ2) is 3.75. The maximum absolute atomic E-state index is 3.30. The van der Waals surface area contributed by atoms with Crippen molar-refractivity contribution in [2.45, 2.75) is 13.3 Å². The predicted octanol–water partition coefficient (Wildman–Crippen LogP) is 3.45. The van der Waals surface area contributed by atoms with E-state index in [4.69, 9.17) is 0 Å². The monoisotopic (exact) mass is 187 g/mol. The average Bonchev–Trinajstić information content (AvgIpc) is 2.54. The van der Waals surface area contributed by atoms with Gasteiger partial charge < -0.3 is 0 Å². The Morgan fingerprint density at radius 1 is 1.23 bits per heavy atom. The summed E-state index contributed by atoms with van der Waals surface area (Å²) in [7, 11) is 0. The van der Waals surface area contributed by atoms with Crippen LogP contribution in [0.25, 0.3) is 0 Å². The topological polar surface area (TPSA) is 0 Å². The maximum atomic E-state index is 3.30. The van der Waals surface area contributed by atoms with Crippen molar-refractivity contribution in [1.82, 2.24) is 0 Å². The van der Waals surface area contributed by atoms with Gasteiger partial charge in [0, 0.05) is 5.38 Å². The summed E-state index contributed by atoms with van der Waals surface area (Å²) in [6, 6.07) is 10.5. The van der Waals surface area contributed by atoms with Gasteiger partial charge in [-0.05, 0) is 35.4 Å². The van der Waals surface area contributed by atoms with Crippen molar-refractivity contribution in [3.8, 4) is 0 Å². The van der Waals surface area contributed by atoms with E-state index in [1.807, 2.05) is 6.07 Å². The Bertz CT molecular complexity index is 373. The third kappa shape index (κ3) is 1.99. The molecule has 0 unspecified atom stereocenters. The normalized spacial score (nSPS) is 10.2. The molecule has 0 aliphatic heterocycles. The standard InChI is InChI=1S/C12H11S/c1-10-8-13-9-12(10)7-11-5-3-2-4-6-11/h2-6,8H,7H2,1H3. The molecule has 1 heteroatoms. The number of rotatable bonds is 2. The first-order chi connectivity index (χ1) is 6.36. The highest BCUT2D eigenvalue weighted by Gasteiger charge is 2.00. The van der Waals surface area contributed by atoms with E-state index in [-0.39, 0.29) is 0 Å². The number of benzene rings is 1. The zero-order valence-corrected chi connectivity index (χ0v) is 8.40. The lowest BCUT2D eigenvalue weighted by molar-refractivity contribution is 1.18. The summed E-state index contributed by atoms with van der Waals surface area (Å²) in [5, 5.41) is 5.45. The zero-order valence-electron chi connectivity index (χ0n) is 7.58. The summed E-state index contributed by atoms with van der Waals surface area (Å²) in [5.41, 5.74) is 4.05. The van der Waals surface area contributed by atoms with Crippen LogP contribution in [0.4, 0.5) is 0 Å². The van der Waals surface area contributed by atoms with Gasteiger partial charge in [-0.3, -0.25) is 0 Å². The molecular weight excluding hydrogens is 176 g/mol. The molecule has 1 aromatic carbocycles. The van der Waals surface area contributed by atoms with Crippen LogP contribution in [0, 0.1) is 12.3 Å². The van der Waals surface area contributed by atoms with Crippen LogP contribution >= 0.6 is 11.3 Å². The molecule has 0 N–H and O–H groups in total. The van der Waals surface area contributed by atoms with E-state index in [1.165, 1.54) is 16.7 Å². The first-order valence-corrected chi connectivity index (χ1v) is 5.23. The molecule has 2 aromatic rings. The van der Waals surface area contributed by atoms with Crippen molar-refractivity contribution in [2.24, 2.45) is 0 Å². The lowest BCUT2D eigenvalue weighted by Gasteiger charge is -1.99. The minimum Gasteiger partial charge on any atom is -0.142 e. The Labute approximate surface area is 82.9 Å². The van der Waals surface area contributed by atoms with E-state index in [1.54, 1.807) is 11.3 Å². The highest BCUT2D eigenvalue weighted by molar-refractivity contribution is 7.07. The third-order valence-corrected chi connectivity index (χ3v) is 2.95. The predicted molar refractivity (Wildman–Crippen MR) is 57.1 cm³/mol. The maximum Gasteiger partial charge on any atom is 0.0483 e. The smallest absolute Gasteiger partial charge is 0.0483 e. The van der Waals surface area contributed by atoms with Gasteiger partial charge in [0.1, 0.15) is 0 Å². The molecule has 0 aliphatic rings. The quantitative estimate of drug-likeness (QED) is 0.675. The Hall–Kier alpha value is -1.08. The Morgan fingerprint density at radius 3 is 2.62 bits per heavy atom. The Balaban J connectivity index is 2.20. The van der Waals surface area contributed by atoms with E-state index in [2.05, 4.69) is 41.9 Å². The summed E-state index contributed by atoms with van der Waals surface area (Å²) in [4.78, 5) is 0. The number of aryl methyl sites for hydroxylation is 1. The fourth-order valence-electron chi connectivity index (χ4n) is 1.32. The van der Waals surface area contributed by atoms with Gasteiger partial charge in [0.25, 0.3) is 0 Å². The van der Waals surface area contributed by atoms with Crippen molar-refractivity contribution < 1.29 is 0 Å². The van der Waals surface area contributed by atoms with Crippen molar-refractivity contribution in [3.05, 3.63) is 57.8 Å². The highest BCUT2D eigenvalue weighted by Crippen LogP contribution is 2.16. The highest BCUT2D eigenvalue weighted by atomic mass is 32.1. The van der Waals surface area contributed by atoms with Gasteiger partial charge in [0.2, 0.25) is 0 Å². The third-order valence-electron chi connectivity index (χ3n) is 2.12. The zero-order chi connectivity index (χ0) is 9.10. The van der Waals surface area contributed by atoms with Crippen molar-refractivity contribution in [3.63, 3.8) is 0 Å². The molecule has 65 valence electrons. The molecule has 0 aliphatic carbocycles. The summed E-state index contributed by atoms with van der Waals surface area (Å²) >= 11 is 1.66. The van der Waals surface area contributed by atoms with Crippen LogP contribution in [-0.2, 0) is 6.42 Å².